The van der Waals surface area contributed by atoms with E-state index in [0.717, 1.165) is 37.7 Å². The Morgan fingerprint density at radius 2 is 1.50 bits per heavy atom. The second-order valence-electron chi connectivity index (χ2n) is 7.55. The second kappa shape index (κ2) is 17.4. The number of hydrogen-bond donors (Lipinski definition) is 3. The van der Waals surface area contributed by atoms with Crippen LogP contribution in [0, 0.1) is 0 Å². The molecule has 0 saturated carbocycles. The second-order valence-corrected chi connectivity index (χ2v) is 7.55. The number of carbonyl (C=O) groups is 1. The van der Waals surface area contributed by atoms with Crippen LogP contribution in [0.15, 0.2) is 54.7 Å². The first-order chi connectivity index (χ1) is 14.6. The Labute approximate surface area is 182 Å². The van der Waals surface area contributed by atoms with Gasteiger partial charge in [-0.05, 0) is 69.1 Å². The lowest BCUT2D eigenvalue weighted by molar-refractivity contribution is -0.121. The molecule has 0 radical (unpaired) electrons. The molecular weight excluding hydrogens is 374 g/mol. The van der Waals surface area contributed by atoms with Crippen molar-refractivity contribution in [1.29, 1.82) is 0 Å². The largest absolute Gasteiger partial charge is 0.504 e. The molecule has 1 aromatic rings. The van der Waals surface area contributed by atoms with Crippen LogP contribution in [-0.4, -0.2) is 22.7 Å². The molecule has 0 atom stereocenters. The molecule has 0 aromatic heterocycles. The average molecular weight is 414 g/mol. The van der Waals surface area contributed by atoms with Crippen LogP contribution in [0.1, 0.15) is 76.7 Å². The molecule has 0 unspecified atom stereocenters. The molecule has 166 valence electrons. The summed E-state index contributed by atoms with van der Waals surface area (Å²) in [5.41, 5.74) is 0.882. The molecule has 1 aromatic carbocycles. The molecule has 1 amide bonds. The van der Waals surface area contributed by atoms with E-state index in [2.05, 4.69) is 48.7 Å². The smallest absolute Gasteiger partial charge is 0.220 e. The van der Waals surface area contributed by atoms with Crippen molar-refractivity contribution < 1.29 is 15.0 Å². The van der Waals surface area contributed by atoms with Gasteiger partial charge in [0.05, 0.1) is 0 Å². The molecule has 3 N–H and O–H groups in total. The highest BCUT2D eigenvalue weighted by Gasteiger charge is 2.03. The Hall–Kier alpha value is -2.49. The topological polar surface area (TPSA) is 69.6 Å². The van der Waals surface area contributed by atoms with Crippen molar-refractivity contribution in [3.63, 3.8) is 0 Å². The fraction of sp³-hybridized carbons (Fsp3) is 0.500. The number of unbranched alkanes of at least 4 members (excludes halogenated alkanes) is 5. The highest BCUT2D eigenvalue weighted by molar-refractivity contribution is 5.75. The van der Waals surface area contributed by atoms with Crippen LogP contribution in [-0.2, 0) is 11.2 Å². The van der Waals surface area contributed by atoms with Crippen LogP contribution >= 0.6 is 0 Å². The molecule has 0 fully saturated rings. The van der Waals surface area contributed by atoms with Gasteiger partial charge >= 0.3 is 0 Å². The van der Waals surface area contributed by atoms with Gasteiger partial charge < -0.3 is 15.5 Å². The van der Waals surface area contributed by atoms with Crippen molar-refractivity contribution in [2.45, 2.75) is 77.6 Å². The van der Waals surface area contributed by atoms with Gasteiger partial charge in [0.1, 0.15) is 0 Å². The molecule has 4 heteroatoms. The molecule has 0 saturated heterocycles. The molecule has 0 heterocycles. The number of nitrogens with one attached hydrogen (secondary N) is 1. The number of amides is 1. The summed E-state index contributed by atoms with van der Waals surface area (Å²) >= 11 is 0. The fourth-order valence-electron chi connectivity index (χ4n) is 3.00. The van der Waals surface area contributed by atoms with Crippen molar-refractivity contribution in [1.82, 2.24) is 5.32 Å². The number of carbonyl (C=O) groups excluding carboxylic acids is 1. The first-order valence-corrected chi connectivity index (χ1v) is 11.4. The van der Waals surface area contributed by atoms with E-state index in [9.17, 15) is 15.0 Å². The molecule has 4 nitrogen and oxygen atoms in total. The van der Waals surface area contributed by atoms with Crippen molar-refractivity contribution in [3.05, 3.63) is 60.2 Å². The zero-order valence-corrected chi connectivity index (χ0v) is 18.5. The minimum absolute atomic E-state index is 0.0627. The maximum absolute atomic E-state index is 11.9. The van der Waals surface area contributed by atoms with Gasteiger partial charge in [-0.25, -0.2) is 0 Å². The van der Waals surface area contributed by atoms with E-state index < -0.39 is 0 Å². The summed E-state index contributed by atoms with van der Waals surface area (Å²) in [5.74, 6) is -0.192. The summed E-state index contributed by atoms with van der Waals surface area (Å²) in [6, 6.07) is 4.73. The number of benzene rings is 1. The van der Waals surface area contributed by atoms with Gasteiger partial charge in [-0.3, -0.25) is 4.79 Å². The lowest BCUT2D eigenvalue weighted by Crippen LogP contribution is -2.25. The number of phenolic OH excluding ortho intramolecular Hbond substituents is 2. The van der Waals surface area contributed by atoms with E-state index in [0.29, 0.717) is 19.4 Å². The Balaban J connectivity index is 1.96. The third kappa shape index (κ3) is 13.6. The minimum Gasteiger partial charge on any atom is -0.504 e. The van der Waals surface area contributed by atoms with Crippen LogP contribution in [0.2, 0.25) is 0 Å². The average Bonchev–Trinajstić information content (AvgIpc) is 2.73. The summed E-state index contributed by atoms with van der Waals surface area (Å²) in [4.78, 5) is 11.9. The van der Waals surface area contributed by atoms with Gasteiger partial charge in [-0.15, -0.1) is 0 Å². The van der Waals surface area contributed by atoms with Crippen LogP contribution < -0.4 is 5.32 Å². The Kier molecular flexibility index (Phi) is 14.8. The van der Waals surface area contributed by atoms with E-state index in [-0.39, 0.29) is 17.4 Å². The molecule has 1 rings (SSSR count). The number of hydrogen-bond acceptors (Lipinski definition) is 3. The third-order valence-corrected chi connectivity index (χ3v) is 4.82. The van der Waals surface area contributed by atoms with Gasteiger partial charge in [0.15, 0.2) is 11.5 Å². The lowest BCUT2D eigenvalue weighted by Gasteiger charge is -2.06. The molecule has 0 spiro atoms. The van der Waals surface area contributed by atoms with E-state index in [4.69, 9.17) is 0 Å². The summed E-state index contributed by atoms with van der Waals surface area (Å²) in [7, 11) is 0. The van der Waals surface area contributed by atoms with E-state index in [1.807, 2.05) is 0 Å². The number of rotatable bonds is 16. The maximum atomic E-state index is 11.9. The Morgan fingerprint density at radius 1 is 0.867 bits per heavy atom. The zero-order valence-electron chi connectivity index (χ0n) is 18.5. The standard InChI is InChI=1S/C26H39NO3/c1-2-3-4-5-6-7-8-9-10-11-12-13-14-15-16-17-26(30)27-21-20-23-18-19-24(28)25(29)22-23/h6-7,9-10,12-13,18-19,22,28-29H,2-5,8,11,14-17,20-21H2,1H3,(H,27,30). The van der Waals surface area contributed by atoms with Crippen LogP contribution in [0.25, 0.3) is 0 Å². The highest BCUT2D eigenvalue weighted by atomic mass is 16.3. The first kappa shape index (κ1) is 25.5. The molecule has 0 aliphatic heterocycles. The normalized spacial score (nSPS) is 11.8. The van der Waals surface area contributed by atoms with E-state index >= 15 is 0 Å². The number of allylic oxidation sites excluding steroid dienone is 6. The predicted octanol–water partition coefficient (Wildman–Crippen LogP) is 6.35. The van der Waals surface area contributed by atoms with Gasteiger partial charge in [0, 0.05) is 13.0 Å². The summed E-state index contributed by atoms with van der Waals surface area (Å²) in [6.07, 6.45) is 24.5. The zero-order chi connectivity index (χ0) is 21.9. The number of phenols is 2. The van der Waals surface area contributed by atoms with Gasteiger partial charge in [-0.1, -0.05) is 62.3 Å². The van der Waals surface area contributed by atoms with Gasteiger partial charge in [0.25, 0.3) is 0 Å². The van der Waals surface area contributed by atoms with E-state index in [1.165, 1.54) is 37.8 Å². The molecule has 0 aliphatic rings. The molecule has 30 heavy (non-hydrogen) atoms. The monoisotopic (exact) mass is 413 g/mol. The van der Waals surface area contributed by atoms with Gasteiger partial charge in [0.2, 0.25) is 5.91 Å². The van der Waals surface area contributed by atoms with E-state index in [1.54, 1.807) is 6.07 Å². The van der Waals surface area contributed by atoms with Crippen molar-refractivity contribution >= 4 is 5.91 Å². The van der Waals surface area contributed by atoms with Crippen molar-refractivity contribution in [2.75, 3.05) is 6.54 Å². The number of aromatic hydroxyl groups is 2. The molecule has 0 aliphatic carbocycles. The van der Waals surface area contributed by atoms with Crippen LogP contribution in [0.5, 0.6) is 11.5 Å². The predicted molar refractivity (Wildman–Crippen MR) is 126 cm³/mol. The highest BCUT2D eigenvalue weighted by Crippen LogP contribution is 2.24. The minimum atomic E-state index is -0.128. The molecule has 0 bridgehead atoms. The maximum Gasteiger partial charge on any atom is 0.220 e. The quantitative estimate of drug-likeness (QED) is 0.168. The van der Waals surface area contributed by atoms with Crippen LogP contribution in [0.4, 0.5) is 0 Å². The Bertz CT molecular complexity index is 677. The lowest BCUT2D eigenvalue weighted by atomic mass is 10.1. The SMILES string of the molecule is CCCCCC=CCC=CCC=CCCCCC(=O)NCCc1ccc(O)c(O)c1. The van der Waals surface area contributed by atoms with Crippen LogP contribution in [0.3, 0.4) is 0 Å². The molecular formula is C26H39NO3. The first-order valence-electron chi connectivity index (χ1n) is 11.4. The summed E-state index contributed by atoms with van der Waals surface area (Å²) in [6.45, 7) is 2.76. The van der Waals surface area contributed by atoms with Gasteiger partial charge in [-0.2, -0.15) is 0 Å². The fourth-order valence-corrected chi connectivity index (χ4v) is 3.00. The van der Waals surface area contributed by atoms with Crippen molar-refractivity contribution in [3.8, 4) is 11.5 Å². The summed E-state index contributed by atoms with van der Waals surface area (Å²) in [5, 5.41) is 21.7. The van der Waals surface area contributed by atoms with Crippen molar-refractivity contribution in [2.24, 2.45) is 0 Å². The summed E-state index contributed by atoms with van der Waals surface area (Å²) < 4.78 is 0. The third-order valence-electron chi connectivity index (χ3n) is 4.82. The Morgan fingerprint density at radius 3 is 2.13 bits per heavy atom.